The summed E-state index contributed by atoms with van der Waals surface area (Å²) in [6.07, 6.45) is 4.96. The molecule has 1 radical (unpaired) electrons. The highest BCUT2D eigenvalue weighted by Crippen LogP contribution is 2.06. The lowest BCUT2D eigenvalue weighted by Crippen LogP contribution is -1.85. The predicted molar refractivity (Wildman–Crippen MR) is 56.5 cm³/mol. The van der Waals surface area contributed by atoms with Gasteiger partial charge in [-0.15, -0.1) is 0 Å². The quantitative estimate of drug-likeness (QED) is 0.606. The highest BCUT2D eigenvalue weighted by atomic mass is 32.1. The van der Waals surface area contributed by atoms with Crippen LogP contribution in [-0.2, 0) is 6.42 Å². The van der Waals surface area contributed by atoms with Gasteiger partial charge in [0.25, 0.3) is 0 Å². The minimum atomic E-state index is 0.911. The van der Waals surface area contributed by atoms with E-state index < -0.39 is 0 Å². The second kappa shape index (κ2) is 6.13. The fourth-order valence-corrected chi connectivity index (χ4v) is 1.46. The van der Waals surface area contributed by atoms with Gasteiger partial charge in [-0.3, -0.25) is 0 Å². The van der Waals surface area contributed by atoms with Crippen LogP contribution in [0.15, 0.2) is 30.3 Å². The monoisotopic (exact) mass is 179 g/mol. The second-order valence-electron chi connectivity index (χ2n) is 3.00. The molecule has 0 atom stereocenters. The Hall–Kier alpha value is -0.430. The van der Waals surface area contributed by atoms with Gasteiger partial charge in [0.2, 0.25) is 0 Å². The van der Waals surface area contributed by atoms with Crippen LogP contribution >= 0.6 is 12.6 Å². The molecule has 1 heteroatoms. The molecule has 0 heterocycles. The Balaban J connectivity index is 2.16. The minimum absolute atomic E-state index is 0.911. The first-order chi connectivity index (χ1) is 5.93. The lowest BCUT2D eigenvalue weighted by molar-refractivity contribution is 0.723. The van der Waals surface area contributed by atoms with Crippen LogP contribution in [0.5, 0.6) is 0 Å². The average Bonchev–Trinajstić information content (AvgIpc) is 2.14. The molecule has 0 nitrogen and oxygen atoms in total. The fourth-order valence-electron chi connectivity index (χ4n) is 1.25. The standard InChI is InChI=1S/C11H15S/c12-10-6-2-5-9-11-7-3-1-4-8-11/h1,3-4,7-8H,2,5-6,9-10H2. The summed E-state index contributed by atoms with van der Waals surface area (Å²) in [7, 11) is 0. The molecule has 1 aromatic carbocycles. The maximum absolute atomic E-state index is 4.88. The number of rotatable bonds is 5. The highest BCUT2D eigenvalue weighted by Gasteiger charge is 1.90. The van der Waals surface area contributed by atoms with Gasteiger partial charge in [0, 0.05) is 5.75 Å². The van der Waals surface area contributed by atoms with Gasteiger partial charge >= 0.3 is 0 Å². The molecule has 0 amide bonds. The Labute approximate surface area is 80.4 Å². The summed E-state index contributed by atoms with van der Waals surface area (Å²) in [5, 5.41) is 0. The Morgan fingerprint density at radius 1 is 0.917 bits per heavy atom. The molecule has 12 heavy (non-hydrogen) atoms. The van der Waals surface area contributed by atoms with Crippen LogP contribution in [0.1, 0.15) is 24.8 Å². The van der Waals surface area contributed by atoms with Crippen molar-refractivity contribution >= 4 is 12.6 Å². The molecule has 0 fully saturated rings. The summed E-state index contributed by atoms with van der Waals surface area (Å²) < 4.78 is 0. The molecular weight excluding hydrogens is 164 g/mol. The first kappa shape index (κ1) is 9.66. The normalized spacial score (nSPS) is 10.1. The van der Waals surface area contributed by atoms with Crippen molar-refractivity contribution in [3.05, 3.63) is 35.9 Å². The van der Waals surface area contributed by atoms with Crippen LogP contribution < -0.4 is 0 Å². The van der Waals surface area contributed by atoms with E-state index in [9.17, 15) is 0 Å². The van der Waals surface area contributed by atoms with E-state index in [0.717, 1.165) is 5.75 Å². The smallest absolute Gasteiger partial charge is 0.00369 e. The SMILES string of the molecule is [S]CCCCCc1ccccc1. The summed E-state index contributed by atoms with van der Waals surface area (Å²) in [6.45, 7) is 0. The summed E-state index contributed by atoms with van der Waals surface area (Å²) in [5.41, 5.74) is 1.45. The molecule has 0 unspecified atom stereocenters. The first-order valence-electron chi connectivity index (χ1n) is 4.55. The maximum atomic E-state index is 4.88. The number of hydrogen-bond acceptors (Lipinski definition) is 0. The first-order valence-corrected chi connectivity index (χ1v) is 5.13. The molecule has 0 aliphatic heterocycles. The van der Waals surface area contributed by atoms with Crippen LogP contribution in [0.4, 0.5) is 0 Å². The minimum Gasteiger partial charge on any atom is -0.0942 e. The summed E-state index contributed by atoms with van der Waals surface area (Å²) in [4.78, 5) is 0. The van der Waals surface area contributed by atoms with Crippen molar-refractivity contribution in [1.82, 2.24) is 0 Å². The van der Waals surface area contributed by atoms with Gasteiger partial charge in [0.05, 0.1) is 0 Å². The van der Waals surface area contributed by atoms with Gasteiger partial charge in [-0.2, -0.15) is 0 Å². The lowest BCUT2D eigenvalue weighted by atomic mass is 10.1. The zero-order valence-corrected chi connectivity index (χ0v) is 8.15. The third-order valence-corrected chi connectivity index (χ3v) is 2.24. The Kier molecular flexibility index (Phi) is 4.93. The van der Waals surface area contributed by atoms with E-state index >= 15 is 0 Å². The number of benzene rings is 1. The van der Waals surface area contributed by atoms with E-state index in [0.29, 0.717) is 0 Å². The van der Waals surface area contributed by atoms with E-state index in [1.165, 1.54) is 31.2 Å². The van der Waals surface area contributed by atoms with Gasteiger partial charge < -0.3 is 0 Å². The highest BCUT2D eigenvalue weighted by molar-refractivity contribution is 7.80. The molecule has 1 aromatic rings. The van der Waals surface area contributed by atoms with Gasteiger partial charge in [0.1, 0.15) is 0 Å². The molecule has 0 spiro atoms. The van der Waals surface area contributed by atoms with Gasteiger partial charge in [-0.25, -0.2) is 0 Å². The van der Waals surface area contributed by atoms with E-state index in [1.807, 2.05) is 0 Å². The van der Waals surface area contributed by atoms with Crippen LogP contribution in [0, 0.1) is 0 Å². The third kappa shape index (κ3) is 3.82. The molecule has 0 N–H and O–H groups in total. The maximum Gasteiger partial charge on any atom is 0.00369 e. The van der Waals surface area contributed by atoms with Crippen molar-refractivity contribution in [2.24, 2.45) is 0 Å². The van der Waals surface area contributed by atoms with Gasteiger partial charge in [-0.05, 0) is 24.8 Å². The molecule has 65 valence electrons. The Bertz CT molecular complexity index is 193. The largest absolute Gasteiger partial charge is 0.0942 e. The average molecular weight is 179 g/mol. The summed E-state index contributed by atoms with van der Waals surface area (Å²) in [5.74, 6) is 0.911. The predicted octanol–water partition coefficient (Wildman–Crippen LogP) is 3.60. The van der Waals surface area contributed by atoms with E-state index in [-0.39, 0.29) is 0 Å². The molecule has 0 aliphatic rings. The molecule has 0 saturated carbocycles. The molecular formula is C11H15S. The molecule has 1 rings (SSSR count). The lowest BCUT2D eigenvalue weighted by Gasteiger charge is -1.99. The summed E-state index contributed by atoms with van der Waals surface area (Å²) >= 11 is 4.88. The van der Waals surface area contributed by atoms with Gasteiger partial charge in [-0.1, -0.05) is 49.4 Å². The van der Waals surface area contributed by atoms with E-state index in [4.69, 9.17) is 12.6 Å². The topological polar surface area (TPSA) is 0 Å². The van der Waals surface area contributed by atoms with Crippen LogP contribution in [0.2, 0.25) is 0 Å². The molecule has 0 bridgehead atoms. The van der Waals surface area contributed by atoms with Crippen LogP contribution in [0.3, 0.4) is 0 Å². The summed E-state index contributed by atoms with van der Waals surface area (Å²) in [6, 6.07) is 10.6. The zero-order valence-electron chi connectivity index (χ0n) is 7.33. The van der Waals surface area contributed by atoms with Crippen molar-refractivity contribution in [2.45, 2.75) is 25.7 Å². The van der Waals surface area contributed by atoms with Crippen molar-refractivity contribution in [1.29, 1.82) is 0 Å². The Morgan fingerprint density at radius 2 is 1.67 bits per heavy atom. The Morgan fingerprint density at radius 3 is 2.33 bits per heavy atom. The molecule has 0 aliphatic carbocycles. The van der Waals surface area contributed by atoms with Crippen molar-refractivity contribution in [3.63, 3.8) is 0 Å². The number of aryl methyl sites for hydroxylation is 1. The third-order valence-electron chi connectivity index (χ3n) is 1.95. The molecule has 0 saturated heterocycles. The molecule has 0 aromatic heterocycles. The van der Waals surface area contributed by atoms with E-state index in [2.05, 4.69) is 30.3 Å². The zero-order chi connectivity index (χ0) is 8.65. The number of unbranched alkanes of at least 4 members (excludes halogenated alkanes) is 2. The van der Waals surface area contributed by atoms with E-state index in [1.54, 1.807) is 0 Å². The fraction of sp³-hybridized carbons (Fsp3) is 0.455. The van der Waals surface area contributed by atoms with Crippen molar-refractivity contribution in [3.8, 4) is 0 Å². The van der Waals surface area contributed by atoms with Crippen molar-refractivity contribution < 1.29 is 0 Å². The van der Waals surface area contributed by atoms with Crippen LogP contribution in [0.25, 0.3) is 0 Å². The number of hydrogen-bond donors (Lipinski definition) is 0. The van der Waals surface area contributed by atoms with Gasteiger partial charge in [0.15, 0.2) is 0 Å². The van der Waals surface area contributed by atoms with Crippen molar-refractivity contribution in [2.75, 3.05) is 5.75 Å². The van der Waals surface area contributed by atoms with Crippen LogP contribution in [-0.4, -0.2) is 5.75 Å². The second-order valence-corrected chi connectivity index (χ2v) is 3.41.